The third kappa shape index (κ3) is 4.70. The maximum Gasteiger partial charge on any atom is 0.405 e. The molecule has 0 aliphatic heterocycles. The van der Waals surface area contributed by atoms with Crippen LogP contribution in [0.2, 0.25) is 0 Å². The largest absolute Gasteiger partial charge is 0.440 e. The van der Waals surface area contributed by atoms with Gasteiger partial charge in [-0.2, -0.15) is 0 Å². The fourth-order valence-corrected chi connectivity index (χ4v) is 1.93. The summed E-state index contributed by atoms with van der Waals surface area (Å²) < 4.78 is 18.8. The van der Waals surface area contributed by atoms with Crippen LogP contribution in [0.25, 0.3) is 0 Å². The second-order valence-corrected chi connectivity index (χ2v) is 4.81. The van der Waals surface area contributed by atoms with Crippen LogP contribution in [-0.2, 0) is 4.74 Å². The summed E-state index contributed by atoms with van der Waals surface area (Å²) in [6, 6.07) is 4.35. The summed E-state index contributed by atoms with van der Waals surface area (Å²) in [5.41, 5.74) is 5.56. The first-order valence-electron chi connectivity index (χ1n) is 4.95. The third-order valence-corrected chi connectivity index (χ3v) is 2.50. The molecule has 17 heavy (non-hydrogen) atoms. The zero-order valence-corrected chi connectivity index (χ0v) is 11.2. The minimum atomic E-state index is -0.878. The number of carbonyl (C=O) groups excluding carboxylic acids is 1. The van der Waals surface area contributed by atoms with Gasteiger partial charge in [0.2, 0.25) is 0 Å². The average molecular weight is 305 g/mol. The summed E-state index contributed by atoms with van der Waals surface area (Å²) in [5, 5.41) is 0. The standard InChI is InChI=1S/C11H14BrFN2O2/c1-15(2)6-10(17-11(14)16)7-3-8(12)5-9(13)4-7/h3-5,10H,6H2,1-2H3,(H2,14,16). The van der Waals surface area contributed by atoms with Crippen molar-refractivity contribution in [3.63, 3.8) is 0 Å². The highest BCUT2D eigenvalue weighted by molar-refractivity contribution is 9.10. The van der Waals surface area contributed by atoms with Gasteiger partial charge in [0, 0.05) is 11.0 Å². The molecular formula is C11H14BrFN2O2. The molecule has 0 fully saturated rings. The van der Waals surface area contributed by atoms with Gasteiger partial charge in [0.15, 0.2) is 0 Å². The smallest absolute Gasteiger partial charge is 0.405 e. The Balaban J connectivity index is 2.98. The van der Waals surface area contributed by atoms with E-state index >= 15 is 0 Å². The van der Waals surface area contributed by atoms with E-state index < -0.39 is 18.0 Å². The van der Waals surface area contributed by atoms with Crippen molar-refractivity contribution < 1.29 is 13.9 Å². The van der Waals surface area contributed by atoms with E-state index in [1.165, 1.54) is 12.1 Å². The summed E-state index contributed by atoms with van der Waals surface area (Å²) in [4.78, 5) is 12.6. The van der Waals surface area contributed by atoms with E-state index in [0.29, 0.717) is 16.6 Å². The number of likely N-dealkylation sites (N-methyl/N-ethyl adjacent to an activating group) is 1. The predicted octanol–water partition coefficient (Wildman–Crippen LogP) is 2.29. The van der Waals surface area contributed by atoms with E-state index in [9.17, 15) is 9.18 Å². The Labute approximate surface area is 108 Å². The lowest BCUT2D eigenvalue weighted by molar-refractivity contribution is 0.0882. The van der Waals surface area contributed by atoms with Gasteiger partial charge in [0.05, 0.1) is 0 Å². The van der Waals surface area contributed by atoms with Gasteiger partial charge in [0.25, 0.3) is 0 Å². The average Bonchev–Trinajstić information content (AvgIpc) is 2.13. The van der Waals surface area contributed by atoms with Crippen LogP contribution in [-0.4, -0.2) is 31.6 Å². The van der Waals surface area contributed by atoms with Crippen LogP contribution in [0.4, 0.5) is 9.18 Å². The summed E-state index contributed by atoms with van der Waals surface area (Å²) in [6.45, 7) is 0.429. The number of rotatable bonds is 4. The van der Waals surface area contributed by atoms with Crippen LogP contribution in [0, 0.1) is 5.82 Å². The lowest BCUT2D eigenvalue weighted by atomic mass is 10.1. The molecule has 1 atom stereocenters. The van der Waals surface area contributed by atoms with E-state index in [0.717, 1.165) is 0 Å². The molecule has 6 heteroatoms. The molecule has 4 nitrogen and oxygen atoms in total. The van der Waals surface area contributed by atoms with Gasteiger partial charge in [-0.3, -0.25) is 0 Å². The minimum absolute atomic E-state index is 0.397. The van der Waals surface area contributed by atoms with E-state index in [-0.39, 0.29) is 0 Å². The number of halogens is 2. The third-order valence-electron chi connectivity index (χ3n) is 2.05. The number of ether oxygens (including phenoxy) is 1. The molecule has 0 aliphatic carbocycles. The predicted molar refractivity (Wildman–Crippen MR) is 66.1 cm³/mol. The summed E-state index contributed by atoms with van der Waals surface area (Å²) in [6.07, 6.45) is -1.47. The molecular weight excluding hydrogens is 291 g/mol. The molecule has 1 amide bonds. The molecule has 1 rings (SSSR count). The molecule has 1 aromatic rings. The normalized spacial score (nSPS) is 12.5. The zero-order chi connectivity index (χ0) is 13.0. The van der Waals surface area contributed by atoms with Crippen LogP contribution in [0.3, 0.4) is 0 Å². The van der Waals surface area contributed by atoms with Crippen molar-refractivity contribution in [2.45, 2.75) is 6.10 Å². The number of benzene rings is 1. The van der Waals surface area contributed by atoms with Gasteiger partial charge in [-0.15, -0.1) is 0 Å². The van der Waals surface area contributed by atoms with E-state index in [1.54, 1.807) is 6.07 Å². The molecule has 0 aliphatic rings. The van der Waals surface area contributed by atoms with Gasteiger partial charge >= 0.3 is 6.09 Å². The van der Waals surface area contributed by atoms with Crippen molar-refractivity contribution in [3.05, 3.63) is 34.1 Å². The second kappa shape index (κ2) is 5.97. The topological polar surface area (TPSA) is 55.6 Å². The molecule has 1 unspecified atom stereocenters. The van der Waals surface area contributed by atoms with E-state index in [1.807, 2.05) is 19.0 Å². The Morgan fingerprint density at radius 1 is 1.53 bits per heavy atom. The monoisotopic (exact) mass is 304 g/mol. The Morgan fingerprint density at radius 3 is 2.65 bits per heavy atom. The zero-order valence-electron chi connectivity index (χ0n) is 9.61. The quantitative estimate of drug-likeness (QED) is 0.928. The van der Waals surface area contributed by atoms with E-state index in [2.05, 4.69) is 15.9 Å². The molecule has 0 aromatic heterocycles. The molecule has 0 spiro atoms. The molecule has 0 radical (unpaired) electrons. The summed E-state index contributed by atoms with van der Waals surface area (Å²) in [7, 11) is 3.65. The number of carbonyl (C=O) groups is 1. The van der Waals surface area contributed by atoms with Gasteiger partial charge in [-0.25, -0.2) is 9.18 Å². The van der Waals surface area contributed by atoms with Crippen molar-refractivity contribution in [1.29, 1.82) is 0 Å². The van der Waals surface area contributed by atoms with Crippen molar-refractivity contribution in [3.8, 4) is 0 Å². The Morgan fingerprint density at radius 2 is 2.18 bits per heavy atom. The van der Waals surface area contributed by atoms with Crippen LogP contribution in [0.15, 0.2) is 22.7 Å². The maximum absolute atomic E-state index is 13.2. The van der Waals surface area contributed by atoms with E-state index in [4.69, 9.17) is 10.5 Å². The van der Waals surface area contributed by atoms with Crippen LogP contribution < -0.4 is 5.73 Å². The van der Waals surface area contributed by atoms with Crippen molar-refractivity contribution >= 4 is 22.0 Å². The number of nitrogens with two attached hydrogens (primary N) is 1. The molecule has 0 bridgehead atoms. The van der Waals surface area contributed by atoms with Gasteiger partial charge in [-0.1, -0.05) is 15.9 Å². The molecule has 0 heterocycles. The van der Waals surface area contributed by atoms with Crippen molar-refractivity contribution in [2.75, 3.05) is 20.6 Å². The highest BCUT2D eigenvalue weighted by Crippen LogP contribution is 2.23. The number of amides is 1. The fraction of sp³-hybridized carbons (Fsp3) is 0.364. The SMILES string of the molecule is CN(C)CC(OC(N)=O)c1cc(F)cc(Br)c1. The molecule has 94 valence electrons. The Bertz CT molecular complexity index is 392. The van der Waals surface area contributed by atoms with Gasteiger partial charge < -0.3 is 15.4 Å². The minimum Gasteiger partial charge on any atom is -0.440 e. The highest BCUT2D eigenvalue weighted by Gasteiger charge is 2.17. The summed E-state index contributed by atoms with van der Waals surface area (Å²) >= 11 is 3.19. The molecule has 0 saturated heterocycles. The molecule has 1 aromatic carbocycles. The molecule has 0 saturated carbocycles. The van der Waals surface area contributed by atoms with Crippen LogP contribution >= 0.6 is 15.9 Å². The van der Waals surface area contributed by atoms with Gasteiger partial charge in [0.1, 0.15) is 11.9 Å². The number of primary amides is 1. The fourth-order valence-electron chi connectivity index (χ4n) is 1.44. The number of hydrogen-bond acceptors (Lipinski definition) is 3. The second-order valence-electron chi connectivity index (χ2n) is 3.89. The first kappa shape index (κ1) is 13.9. The number of nitrogens with zero attached hydrogens (tertiary/aromatic N) is 1. The van der Waals surface area contributed by atoms with Crippen LogP contribution in [0.1, 0.15) is 11.7 Å². The summed E-state index contributed by atoms with van der Waals surface area (Å²) in [5.74, 6) is -0.397. The first-order chi connectivity index (χ1) is 7.88. The van der Waals surface area contributed by atoms with Crippen molar-refractivity contribution in [1.82, 2.24) is 4.90 Å². The molecule has 2 N–H and O–H groups in total. The van der Waals surface area contributed by atoms with Crippen molar-refractivity contribution in [2.24, 2.45) is 5.73 Å². The number of hydrogen-bond donors (Lipinski definition) is 1. The maximum atomic E-state index is 13.2. The van der Waals surface area contributed by atoms with Crippen LogP contribution in [0.5, 0.6) is 0 Å². The first-order valence-corrected chi connectivity index (χ1v) is 5.74. The lowest BCUT2D eigenvalue weighted by Crippen LogP contribution is -2.26. The van der Waals surface area contributed by atoms with Gasteiger partial charge in [-0.05, 0) is 37.9 Å². The Kier molecular flexibility index (Phi) is 4.89. The highest BCUT2D eigenvalue weighted by atomic mass is 79.9. The Hall–Kier alpha value is -1.14. The lowest BCUT2D eigenvalue weighted by Gasteiger charge is -2.21.